The number of aliphatic hydroxyl groups excluding tert-OH is 1. The number of hydrogen-bond acceptors (Lipinski definition) is 3. The van der Waals surface area contributed by atoms with E-state index in [-0.39, 0.29) is 24.6 Å². The highest BCUT2D eigenvalue weighted by Gasteiger charge is 2.26. The summed E-state index contributed by atoms with van der Waals surface area (Å²) < 4.78 is 0. The minimum Gasteiger partial charge on any atom is -0.394 e. The number of carbonyl (C=O) groups excluding carboxylic acids is 2. The van der Waals surface area contributed by atoms with Gasteiger partial charge in [-0.05, 0) is 43.9 Å². The minimum absolute atomic E-state index is 0.0134. The average molecular weight is 319 g/mol. The second-order valence-electron chi connectivity index (χ2n) is 5.83. The smallest absolute Gasteiger partial charge is 0.322 e. The van der Waals surface area contributed by atoms with Gasteiger partial charge >= 0.3 is 6.03 Å². The minimum atomic E-state index is -0.208. The molecule has 0 bridgehead atoms. The van der Waals surface area contributed by atoms with Crippen LogP contribution in [0.4, 0.5) is 16.2 Å². The Morgan fingerprint density at radius 3 is 2.70 bits per heavy atom. The van der Waals surface area contributed by atoms with Crippen molar-refractivity contribution in [1.29, 1.82) is 0 Å². The van der Waals surface area contributed by atoms with Gasteiger partial charge < -0.3 is 20.6 Å². The van der Waals surface area contributed by atoms with Crippen LogP contribution in [0, 0.1) is 0 Å². The van der Waals surface area contributed by atoms with Crippen LogP contribution in [0.2, 0.25) is 0 Å². The predicted octanol–water partition coefficient (Wildman–Crippen LogP) is 2.80. The lowest BCUT2D eigenvalue weighted by Crippen LogP contribution is -2.47. The third kappa shape index (κ3) is 4.96. The molecule has 0 radical (unpaired) electrons. The van der Waals surface area contributed by atoms with E-state index >= 15 is 0 Å². The molecule has 126 valence electrons. The number of nitrogens with one attached hydrogen (secondary N) is 2. The van der Waals surface area contributed by atoms with Gasteiger partial charge in [0.25, 0.3) is 0 Å². The lowest BCUT2D eigenvalue weighted by Gasteiger charge is -2.34. The number of rotatable bonds is 5. The number of aliphatic hydroxyl groups is 1. The van der Waals surface area contributed by atoms with Crippen molar-refractivity contribution in [1.82, 2.24) is 4.90 Å². The number of nitrogens with zero attached hydrogens (tertiary/aromatic N) is 1. The maximum absolute atomic E-state index is 12.4. The van der Waals surface area contributed by atoms with Crippen LogP contribution in [0.5, 0.6) is 0 Å². The van der Waals surface area contributed by atoms with Gasteiger partial charge in [-0.2, -0.15) is 0 Å². The third-order valence-corrected chi connectivity index (χ3v) is 3.97. The van der Waals surface area contributed by atoms with Crippen LogP contribution in [0.3, 0.4) is 0 Å². The normalized spacial score (nSPS) is 17.7. The fourth-order valence-electron chi connectivity index (χ4n) is 2.78. The molecule has 3 N–H and O–H groups in total. The monoisotopic (exact) mass is 319 g/mol. The molecule has 1 atom stereocenters. The molecule has 1 unspecified atom stereocenters. The fourth-order valence-corrected chi connectivity index (χ4v) is 2.78. The molecule has 1 aromatic carbocycles. The zero-order chi connectivity index (χ0) is 16.7. The maximum atomic E-state index is 12.4. The molecular weight excluding hydrogens is 294 g/mol. The van der Waals surface area contributed by atoms with Crippen LogP contribution in [0.15, 0.2) is 24.3 Å². The number of amides is 3. The van der Waals surface area contributed by atoms with Crippen LogP contribution in [0.25, 0.3) is 0 Å². The summed E-state index contributed by atoms with van der Waals surface area (Å²) in [5.74, 6) is -0.0349. The van der Waals surface area contributed by atoms with E-state index < -0.39 is 0 Å². The van der Waals surface area contributed by atoms with Gasteiger partial charge in [-0.25, -0.2) is 4.79 Å². The van der Waals surface area contributed by atoms with Crippen molar-refractivity contribution in [3.05, 3.63) is 24.3 Å². The van der Waals surface area contributed by atoms with Crippen molar-refractivity contribution in [3.63, 3.8) is 0 Å². The predicted molar refractivity (Wildman–Crippen MR) is 90.4 cm³/mol. The molecule has 1 aliphatic heterocycles. The van der Waals surface area contributed by atoms with Gasteiger partial charge in [0.2, 0.25) is 5.91 Å². The van der Waals surface area contributed by atoms with Gasteiger partial charge in [-0.1, -0.05) is 13.0 Å². The van der Waals surface area contributed by atoms with E-state index in [9.17, 15) is 14.7 Å². The summed E-state index contributed by atoms with van der Waals surface area (Å²) in [7, 11) is 0. The molecule has 6 heteroatoms. The van der Waals surface area contributed by atoms with Crippen LogP contribution in [-0.4, -0.2) is 41.1 Å². The van der Waals surface area contributed by atoms with Gasteiger partial charge in [0.05, 0.1) is 12.6 Å². The van der Waals surface area contributed by atoms with E-state index in [2.05, 4.69) is 10.6 Å². The first kappa shape index (κ1) is 17.3. The summed E-state index contributed by atoms with van der Waals surface area (Å²) in [6.45, 7) is 2.59. The van der Waals surface area contributed by atoms with E-state index in [1.54, 1.807) is 29.2 Å². The van der Waals surface area contributed by atoms with Crippen molar-refractivity contribution < 1.29 is 14.7 Å². The molecule has 0 aliphatic carbocycles. The Morgan fingerprint density at radius 1 is 1.26 bits per heavy atom. The number of carbonyl (C=O) groups is 2. The highest BCUT2D eigenvalue weighted by atomic mass is 16.3. The molecule has 1 saturated heterocycles. The van der Waals surface area contributed by atoms with Gasteiger partial charge in [-0.3, -0.25) is 4.79 Å². The first-order valence-electron chi connectivity index (χ1n) is 8.22. The summed E-state index contributed by atoms with van der Waals surface area (Å²) in [4.78, 5) is 25.7. The topological polar surface area (TPSA) is 81.7 Å². The van der Waals surface area contributed by atoms with E-state index in [1.807, 2.05) is 6.92 Å². The first-order chi connectivity index (χ1) is 11.1. The van der Waals surface area contributed by atoms with E-state index in [4.69, 9.17) is 0 Å². The van der Waals surface area contributed by atoms with Crippen molar-refractivity contribution in [2.45, 2.75) is 45.1 Å². The fraction of sp³-hybridized carbons (Fsp3) is 0.529. The van der Waals surface area contributed by atoms with Gasteiger partial charge in [0, 0.05) is 24.3 Å². The summed E-state index contributed by atoms with van der Waals surface area (Å²) in [6.07, 6.45) is 4.09. The highest BCUT2D eigenvalue weighted by Crippen LogP contribution is 2.20. The van der Waals surface area contributed by atoms with Gasteiger partial charge in [0.15, 0.2) is 0 Å². The molecule has 0 aromatic heterocycles. The number of urea groups is 1. The molecule has 1 heterocycles. The standard InChI is InChI=1S/C17H25N3O3/c1-2-6-16(22)18-13-7-5-8-14(11-13)19-17(23)20-10-4-3-9-15(20)12-21/h5,7-8,11,15,21H,2-4,6,9-10,12H2,1H3,(H,18,22)(H,19,23). The molecule has 6 nitrogen and oxygen atoms in total. The molecule has 23 heavy (non-hydrogen) atoms. The second kappa shape index (κ2) is 8.53. The average Bonchev–Trinajstić information content (AvgIpc) is 2.55. The Kier molecular flexibility index (Phi) is 6.40. The van der Waals surface area contributed by atoms with Crippen LogP contribution in [0.1, 0.15) is 39.0 Å². The van der Waals surface area contributed by atoms with Gasteiger partial charge in [0.1, 0.15) is 0 Å². The third-order valence-electron chi connectivity index (χ3n) is 3.97. The molecule has 0 saturated carbocycles. The molecule has 0 spiro atoms. The molecular formula is C17H25N3O3. The molecule has 2 rings (SSSR count). The number of piperidine rings is 1. The Labute approximate surface area is 136 Å². The molecule has 1 fully saturated rings. The van der Waals surface area contributed by atoms with Crippen molar-refractivity contribution >= 4 is 23.3 Å². The van der Waals surface area contributed by atoms with E-state index in [0.717, 1.165) is 25.7 Å². The number of anilines is 2. The Hall–Kier alpha value is -2.08. The lowest BCUT2D eigenvalue weighted by molar-refractivity contribution is -0.116. The zero-order valence-corrected chi connectivity index (χ0v) is 13.5. The van der Waals surface area contributed by atoms with E-state index in [0.29, 0.717) is 24.3 Å². The van der Waals surface area contributed by atoms with Crippen LogP contribution >= 0.6 is 0 Å². The molecule has 1 aromatic rings. The zero-order valence-electron chi connectivity index (χ0n) is 13.5. The van der Waals surface area contributed by atoms with Crippen LogP contribution in [-0.2, 0) is 4.79 Å². The summed E-state index contributed by atoms with van der Waals surface area (Å²) in [5, 5.41) is 15.1. The second-order valence-corrected chi connectivity index (χ2v) is 5.83. The number of benzene rings is 1. The summed E-state index contributed by atoms with van der Waals surface area (Å²) in [6, 6.07) is 6.78. The quantitative estimate of drug-likeness (QED) is 0.780. The molecule has 3 amide bonds. The van der Waals surface area contributed by atoms with Crippen molar-refractivity contribution in [2.75, 3.05) is 23.8 Å². The summed E-state index contributed by atoms with van der Waals surface area (Å²) in [5.41, 5.74) is 1.30. The van der Waals surface area contributed by atoms with E-state index in [1.165, 1.54) is 0 Å². The number of likely N-dealkylation sites (tertiary alicyclic amines) is 1. The Morgan fingerprint density at radius 2 is 2.00 bits per heavy atom. The molecule has 1 aliphatic rings. The summed E-state index contributed by atoms with van der Waals surface area (Å²) >= 11 is 0. The SMILES string of the molecule is CCCC(=O)Nc1cccc(NC(=O)N2CCCCC2CO)c1. The maximum Gasteiger partial charge on any atom is 0.322 e. The largest absolute Gasteiger partial charge is 0.394 e. The number of hydrogen-bond donors (Lipinski definition) is 3. The Bertz CT molecular complexity index is 548. The highest BCUT2D eigenvalue weighted by molar-refractivity contribution is 5.93. The lowest BCUT2D eigenvalue weighted by atomic mass is 10.0. The van der Waals surface area contributed by atoms with Crippen molar-refractivity contribution in [2.24, 2.45) is 0 Å². The van der Waals surface area contributed by atoms with Crippen LogP contribution < -0.4 is 10.6 Å². The van der Waals surface area contributed by atoms with Crippen molar-refractivity contribution in [3.8, 4) is 0 Å². The first-order valence-corrected chi connectivity index (χ1v) is 8.22. The Balaban J connectivity index is 1.99. The van der Waals surface area contributed by atoms with Gasteiger partial charge in [-0.15, -0.1) is 0 Å².